The molecule has 0 aliphatic rings. The highest BCUT2D eigenvalue weighted by Crippen LogP contribution is 2.16. The molecule has 3 unspecified atom stereocenters. The van der Waals surface area contributed by atoms with Crippen LogP contribution in [0.4, 0.5) is 0 Å². The van der Waals surface area contributed by atoms with Crippen LogP contribution in [-0.2, 0) is 4.79 Å². The normalized spacial score (nSPS) is 17.1. The number of aliphatic hydroxyl groups excluding tert-OH is 1. The maximum Gasteiger partial charge on any atom is 0.309 e. The van der Waals surface area contributed by atoms with Crippen molar-refractivity contribution in [2.45, 2.75) is 58.1 Å². The zero-order valence-corrected chi connectivity index (χ0v) is 9.65. The van der Waals surface area contributed by atoms with Gasteiger partial charge in [0.05, 0.1) is 12.0 Å². The summed E-state index contributed by atoms with van der Waals surface area (Å²) in [6, 6.07) is 0.151. The fourth-order valence-electron chi connectivity index (χ4n) is 1.57. The van der Waals surface area contributed by atoms with Crippen molar-refractivity contribution in [1.82, 2.24) is 0 Å². The van der Waals surface area contributed by atoms with Crippen LogP contribution < -0.4 is 5.73 Å². The third kappa shape index (κ3) is 5.74. The number of rotatable bonds is 8. The van der Waals surface area contributed by atoms with Gasteiger partial charge in [0.25, 0.3) is 0 Å². The lowest BCUT2D eigenvalue weighted by Crippen LogP contribution is -2.28. The minimum Gasteiger partial charge on any atom is -0.481 e. The Kier molecular flexibility index (Phi) is 7.34. The quantitative estimate of drug-likeness (QED) is 0.573. The van der Waals surface area contributed by atoms with Crippen molar-refractivity contribution >= 4 is 5.97 Å². The summed E-state index contributed by atoms with van der Waals surface area (Å²) in [4.78, 5) is 10.9. The highest BCUT2D eigenvalue weighted by molar-refractivity contribution is 5.70. The van der Waals surface area contributed by atoms with Crippen LogP contribution in [0.25, 0.3) is 0 Å². The highest BCUT2D eigenvalue weighted by Gasteiger charge is 2.24. The number of nitrogens with two attached hydrogens (primary N) is 1. The van der Waals surface area contributed by atoms with Crippen molar-refractivity contribution in [3.05, 3.63) is 0 Å². The molecular formula is C11H23NO3. The molecule has 0 radical (unpaired) electrons. The molecule has 0 rings (SSSR count). The van der Waals surface area contributed by atoms with Crippen molar-refractivity contribution in [3.63, 3.8) is 0 Å². The van der Waals surface area contributed by atoms with Gasteiger partial charge in [-0.3, -0.25) is 4.79 Å². The second kappa shape index (κ2) is 7.65. The van der Waals surface area contributed by atoms with E-state index in [4.69, 9.17) is 10.8 Å². The van der Waals surface area contributed by atoms with Gasteiger partial charge in [-0.05, 0) is 25.7 Å². The fraction of sp³-hybridized carbons (Fsp3) is 0.909. The Labute approximate surface area is 91.5 Å². The Balaban J connectivity index is 3.92. The van der Waals surface area contributed by atoms with Crippen LogP contribution in [-0.4, -0.2) is 28.3 Å². The minimum atomic E-state index is -0.908. The van der Waals surface area contributed by atoms with Gasteiger partial charge in [-0.2, -0.15) is 0 Å². The smallest absolute Gasteiger partial charge is 0.309 e. The molecule has 0 heterocycles. The van der Waals surface area contributed by atoms with Crippen LogP contribution in [0, 0.1) is 5.92 Å². The molecule has 4 N–H and O–H groups in total. The summed E-state index contributed by atoms with van der Waals surface area (Å²) in [7, 11) is 0. The highest BCUT2D eigenvalue weighted by atomic mass is 16.4. The summed E-state index contributed by atoms with van der Waals surface area (Å²) in [6.45, 7) is 3.80. The molecule has 4 heteroatoms. The lowest BCUT2D eigenvalue weighted by atomic mass is 9.93. The second-order valence-corrected chi connectivity index (χ2v) is 4.02. The third-order valence-corrected chi connectivity index (χ3v) is 2.81. The zero-order valence-electron chi connectivity index (χ0n) is 9.65. The zero-order chi connectivity index (χ0) is 11.8. The third-order valence-electron chi connectivity index (χ3n) is 2.81. The average Bonchev–Trinajstić information content (AvgIpc) is 2.22. The first kappa shape index (κ1) is 14.4. The summed E-state index contributed by atoms with van der Waals surface area (Å²) in [5.74, 6) is -1.55. The molecule has 0 saturated carbocycles. The monoisotopic (exact) mass is 217 g/mol. The summed E-state index contributed by atoms with van der Waals surface area (Å²) in [5, 5.41) is 18.4. The molecule has 0 amide bonds. The standard InChI is InChI=1S/C11H23NO3/c1-3-8(12)6-5-7-9(11(14)15)10(13)4-2/h8-10,13H,3-7,12H2,1-2H3,(H,14,15). The van der Waals surface area contributed by atoms with Gasteiger partial charge in [0, 0.05) is 6.04 Å². The molecule has 0 aromatic carbocycles. The van der Waals surface area contributed by atoms with Gasteiger partial charge in [-0.15, -0.1) is 0 Å². The van der Waals surface area contributed by atoms with E-state index in [9.17, 15) is 9.90 Å². The Morgan fingerprint density at radius 1 is 1.27 bits per heavy atom. The molecule has 0 aromatic heterocycles. The molecule has 0 bridgehead atoms. The van der Waals surface area contributed by atoms with Gasteiger partial charge < -0.3 is 15.9 Å². The van der Waals surface area contributed by atoms with E-state index >= 15 is 0 Å². The molecule has 0 saturated heterocycles. The minimum absolute atomic E-state index is 0.151. The summed E-state index contributed by atoms with van der Waals surface area (Å²) >= 11 is 0. The summed E-state index contributed by atoms with van der Waals surface area (Å²) in [5.41, 5.74) is 5.73. The van der Waals surface area contributed by atoms with Crippen molar-refractivity contribution in [2.24, 2.45) is 11.7 Å². The van der Waals surface area contributed by atoms with Crippen LogP contribution >= 0.6 is 0 Å². The van der Waals surface area contributed by atoms with Gasteiger partial charge in [-0.25, -0.2) is 0 Å². The first-order chi connectivity index (χ1) is 7.02. The Bertz CT molecular complexity index is 185. The van der Waals surface area contributed by atoms with Gasteiger partial charge in [-0.1, -0.05) is 20.3 Å². The van der Waals surface area contributed by atoms with Crippen LogP contribution in [0.1, 0.15) is 46.0 Å². The molecule has 15 heavy (non-hydrogen) atoms. The van der Waals surface area contributed by atoms with Crippen LogP contribution in [0.2, 0.25) is 0 Å². The second-order valence-electron chi connectivity index (χ2n) is 4.02. The fourth-order valence-corrected chi connectivity index (χ4v) is 1.57. The molecule has 0 aliphatic heterocycles. The number of carboxylic acids is 1. The number of aliphatic carboxylic acids is 1. The van der Waals surface area contributed by atoms with Crippen molar-refractivity contribution in [2.75, 3.05) is 0 Å². The predicted molar refractivity (Wildman–Crippen MR) is 59.5 cm³/mol. The van der Waals surface area contributed by atoms with Gasteiger partial charge in [0.1, 0.15) is 0 Å². The molecule has 90 valence electrons. The number of hydrogen-bond donors (Lipinski definition) is 3. The number of carboxylic acid groups (broad SMARTS) is 1. The topological polar surface area (TPSA) is 83.6 Å². The van der Waals surface area contributed by atoms with Crippen LogP contribution in [0.15, 0.2) is 0 Å². The Hall–Kier alpha value is -0.610. The molecule has 4 nitrogen and oxygen atoms in total. The van der Waals surface area contributed by atoms with E-state index in [2.05, 4.69) is 0 Å². The van der Waals surface area contributed by atoms with Crippen molar-refractivity contribution in [3.8, 4) is 0 Å². The summed E-state index contributed by atoms with van der Waals surface area (Å²) < 4.78 is 0. The molecule has 0 aromatic rings. The largest absolute Gasteiger partial charge is 0.481 e. The molecular weight excluding hydrogens is 194 g/mol. The van der Waals surface area contributed by atoms with E-state index in [-0.39, 0.29) is 6.04 Å². The lowest BCUT2D eigenvalue weighted by molar-refractivity contribution is -0.146. The van der Waals surface area contributed by atoms with Gasteiger partial charge in [0.2, 0.25) is 0 Å². The maximum absolute atomic E-state index is 10.9. The summed E-state index contributed by atoms with van der Waals surface area (Å²) in [6.07, 6.45) is 2.77. The molecule has 0 aliphatic carbocycles. The van der Waals surface area contributed by atoms with E-state index in [1.165, 1.54) is 0 Å². The Morgan fingerprint density at radius 2 is 1.87 bits per heavy atom. The number of carbonyl (C=O) groups is 1. The lowest BCUT2D eigenvalue weighted by Gasteiger charge is -2.18. The van der Waals surface area contributed by atoms with Gasteiger partial charge in [0.15, 0.2) is 0 Å². The predicted octanol–water partition coefficient (Wildman–Crippen LogP) is 1.37. The van der Waals surface area contributed by atoms with E-state index in [0.717, 1.165) is 19.3 Å². The van der Waals surface area contributed by atoms with E-state index < -0.39 is 18.0 Å². The molecule has 0 spiro atoms. The number of aliphatic hydroxyl groups is 1. The van der Waals surface area contributed by atoms with E-state index in [0.29, 0.717) is 12.8 Å². The van der Waals surface area contributed by atoms with Crippen molar-refractivity contribution < 1.29 is 15.0 Å². The maximum atomic E-state index is 10.9. The SMILES string of the molecule is CCC(N)CCCC(C(=O)O)C(O)CC. The average molecular weight is 217 g/mol. The molecule has 0 fully saturated rings. The number of hydrogen-bond acceptors (Lipinski definition) is 3. The first-order valence-corrected chi connectivity index (χ1v) is 5.69. The Morgan fingerprint density at radius 3 is 2.27 bits per heavy atom. The van der Waals surface area contributed by atoms with E-state index in [1.54, 1.807) is 6.92 Å². The molecule has 3 atom stereocenters. The van der Waals surface area contributed by atoms with Crippen molar-refractivity contribution in [1.29, 1.82) is 0 Å². The van der Waals surface area contributed by atoms with Crippen LogP contribution in [0.3, 0.4) is 0 Å². The first-order valence-electron chi connectivity index (χ1n) is 5.69. The van der Waals surface area contributed by atoms with E-state index in [1.807, 2.05) is 6.92 Å². The van der Waals surface area contributed by atoms with Gasteiger partial charge >= 0.3 is 5.97 Å². The van der Waals surface area contributed by atoms with Crippen LogP contribution in [0.5, 0.6) is 0 Å².